The van der Waals surface area contributed by atoms with E-state index in [1.54, 1.807) is 0 Å². The number of hydrogen-bond donors (Lipinski definition) is 1. The van der Waals surface area contributed by atoms with Crippen LogP contribution in [0.15, 0.2) is 40.9 Å². The Morgan fingerprint density at radius 3 is 2.67 bits per heavy atom. The Hall–Kier alpha value is -1.99. The quantitative estimate of drug-likeness (QED) is 0.640. The van der Waals surface area contributed by atoms with Gasteiger partial charge >= 0.3 is 0 Å². The number of carbonyl (C=O) groups is 1. The summed E-state index contributed by atoms with van der Waals surface area (Å²) < 4.78 is 14.0. The Morgan fingerprint density at radius 2 is 2.00 bits per heavy atom. The van der Waals surface area contributed by atoms with Gasteiger partial charge in [0.15, 0.2) is 0 Å². The zero-order valence-corrected chi connectivity index (χ0v) is 12.6. The van der Waals surface area contributed by atoms with Crippen molar-refractivity contribution in [3.63, 3.8) is 0 Å². The molecule has 108 valence electrons. The van der Waals surface area contributed by atoms with Crippen molar-refractivity contribution in [2.75, 3.05) is 5.32 Å². The van der Waals surface area contributed by atoms with Crippen LogP contribution in [0.5, 0.6) is 0 Å². The first kappa shape index (κ1) is 15.4. The molecule has 8 heteroatoms. The number of non-ortho nitro benzene ring substituents is 1. The van der Waals surface area contributed by atoms with E-state index in [0.29, 0.717) is 4.47 Å². The van der Waals surface area contributed by atoms with Crippen LogP contribution in [-0.2, 0) is 0 Å². The molecular formula is C13H7BrClFN2O3. The second kappa shape index (κ2) is 6.19. The molecule has 0 spiro atoms. The van der Waals surface area contributed by atoms with Crippen LogP contribution in [0.25, 0.3) is 0 Å². The van der Waals surface area contributed by atoms with Gasteiger partial charge in [0.25, 0.3) is 11.6 Å². The minimum absolute atomic E-state index is 0.161. The number of benzene rings is 2. The van der Waals surface area contributed by atoms with E-state index in [1.807, 2.05) is 0 Å². The number of nitro benzene ring substituents is 1. The lowest BCUT2D eigenvalue weighted by molar-refractivity contribution is -0.384. The minimum atomic E-state index is -0.754. The molecule has 0 aliphatic heterocycles. The summed E-state index contributed by atoms with van der Waals surface area (Å²) >= 11 is 8.87. The molecule has 2 aromatic rings. The van der Waals surface area contributed by atoms with Crippen LogP contribution < -0.4 is 5.32 Å². The number of rotatable bonds is 3. The highest BCUT2D eigenvalue weighted by molar-refractivity contribution is 9.10. The van der Waals surface area contributed by atoms with Crippen LogP contribution in [-0.4, -0.2) is 10.8 Å². The number of halogens is 3. The maximum absolute atomic E-state index is 13.6. The third-order valence-electron chi connectivity index (χ3n) is 2.58. The number of anilines is 1. The van der Waals surface area contributed by atoms with Crippen molar-refractivity contribution < 1.29 is 14.1 Å². The second-order valence-corrected chi connectivity index (χ2v) is 5.29. The Bertz CT molecular complexity index is 739. The molecule has 0 radical (unpaired) electrons. The standard InChI is InChI=1S/C13H7BrClFN2O3/c14-10-3-2-8(18(20)21)6-12(10)17-13(19)9-5-7(15)1-4-11(9)16/h1-6H,(H,17,19). The molecule has 0 atom stereocenters. The molecule has 0 unspecified atom stereocenters. The lowest BCUT2D eigenvalue weighted by Crippen LogP contribution is -2.14. The average Bonchev–Trinajstić information content (AvgIpc) is 2.43. The molecule has 2 rings (SSSR count). The summed E-state index contributed by atoms with van der Waals surface area (Å²) in [5.41, 5.74) is -0.283. The molecule has 0 fully saturated rings. The van der Waals surface area contributed by atoms with E-state index in [9.17, 15) is 19.3 Å². The Balaban J connectivity index is 2.33. The first-order chi connectivity index (χ1) is 9.88. The SMILES string of the molecule is O=C(Nc1cc([N+](=O)[O-])ccc1Br)c1cc(Cl)ccc1F. The molecule has 1 amide bonds. The monoisotopic (exact) mass is 372 g/mol. The van der Waals surface area contributed by atoms with Gasteiger partial charge in [-0.25, -0.2) is 4.39 Å². The molecule has 0 saturated carbocycles. The number of nitrogens with zero attached hydrogens (tertiary/aromatic N) is 1. The molecule has 0 saturated heterocycles. The Morgan fingerprint density at radius 1 is 1.29 bits per heavy atom. The zero-order chi connectivity index (χ0) is 15.6. The highest BCUT2D eigenvalue weighted by Crippen LogP contribution is 2.28. The fourth-order valence-corrected chi connectivity index (χ4v) is 2.10. The van der Waals surface area contributed by atoms with Gasteiger partial charge in [0, 0.05) is 21.6 Å². The third-order valence-corrected chi connectivity index (χ3v) is 3.51. The molecule has 1 N–H and O–H groups in total. The fourth-order valence-electron chi connectivity index (χ4n) is 1.58. The lowest BCUT2D eigenvalue weighted by atomic mass is 10.2. The molecule has 0 aliphatic carbocycles. The van der Waals surface area contributed by atoms with Crippen molar-refractivity contribution in [1.29, 1.82) is 0 Å². The number of carbonyl (C=O) groups excluding carboxylic acids is 1. The molecule has 0 aromatic heterocycles. The normalized spacial score (nSPS) is 10.2. The largest absolute Gasteiger partial charge is 0.321 e. The van der Waals surface area contributed by atoms with Crippen LogP contribution in [0.1, 0.15) is 10.4 Å². The van der Waals surface area contributed by atoms with E-state index >= 15 is 0 Å². The number of nitro groups is 1. The first-order valence-corrected chi connectivity index (χ1v) is 6.76. The van der Waals surface area contributed by atoms with Crippen LogP contribution in [0.3, 0.4) is 0 Å². The Labute approximate surface area is 132 Å². The van der Waals surface area contributed by atoms with E-state index in [1.165, 1.54) is 30.3 Å². The smallest absolute Gasteiger partial charge is 0.271 e. The zero-order valence-electron chi connectivity index (χ0n) is 10.3. The van der Waals surface area contributed by atoms with Crippen molar-refractivity contribution in [2.45, 2.75) is 0 Å². The fraction of sp³-hybridized carbons (Fsp3) is 0. The molecule has 5 nitrogen and oxygen atoms in total. The van der Waals surface area contributed by atoms with Gasteiger partial charge in [0.05, 0.1) is 16.2 Å². The molecular weight excluding hydrogens is 367 g/mol. The third kappa shape index (κ3) is 3.56. The Kier molecular flexibility index (Phi) is 4.54. The van der Waals surface area contributed by atoms with E-state index in [4.69, 9.17) is 11.6 Å². The summed E-state index contributed by atoms with van der Waals surface area (Å²) in [6, 6.07) is 7.43. The number of hydrogen-bond acceptors (Lipinski definition) is 3. The highest BCUT2D eigenvalue weighted by atomic mass is 79.9. The van der Waals surface area contributed by atoms with Crippen molar-refractivity contribution >= 4 is 44.8 Å². The van der Waals surface area contributed by atoms with Crippen molar-refractivity contribution in [2.24, 2.45) is 0 Å². The van der Waals surface area contributed by atoms with E-state index in [-0.39, 0.29) is 22.0 Å². The van der Waals surface area contributed by atoms with Crippen LogP contribution >= 0.6 is 27.5 Å². The van der Waals surface area contributed by atoms with Gasteiger partial charge in [-0.2, -0.15) is 0 Å². The summed E-state index contributed by atoms with van der Waals surface area (Å²) in [5, 5.41) is 13.3. The van der Waals surface area contributed by atoms with Crippen molar-refractivity contribution in [3.8, 4) is 0 Å². The van der Waals surface area contributed by atoms with Crippen molar-refractivity contribution in [3.05, 3.63) is 67.4 Å². The van der Waals surface area contributed by atoms with E-state index in [2.05, 4.69) is 21.2 Å². The van der Waals surface area contributed by atoms with E-state index in [0.717, 1.165) is 6.07 Å². The summed E-state index contributed by atoms with van der Waals surface area (Å²) in [6.45, 7) is 0. The van der Waals surface area contributed by atoms with Gasteiger partial charge in [0.1, 0.15) is 5.82 Å². The number of nitrogens with one attached hydrogen (secondary N) is 1. The minimum Gasteiger partial charge on any atom is -0.321 e. The number of amides is 1. The summed E-state index contributed by atoms with van der Waals surface area (Å²) in [6.07, 6.45) is 0. The van der Waals surface area contributed by atoms with Crippen LogP contribution in [0.4, 0.5) is 15.8 Å². The highest BCUT2D eigenvalue weighted by Gasteiger charge is 2.16. The lowest BCUT2D eigenvalue weighted by Gasteiger charge is -2.08. The molecule has 21 heavy (non-hydrogen) atoms. The first-order valence-electron chi connectivity index (χ1n) is 5.59. The average molecular weight is 374 g/mol. The topological polar surface area (TPSA) is 72.2 Å². The molecule has 2 aromatic carbocycles. The maximum atomic E-state index is 13.6. The molecule has 0 bridgehead atoms. The summed E-state index contributed by atoms with van der Waals surface area (Å²) in [7, 11) is 0. The van der Waals surface area contributed by atoms with Crippen LogP contribution in [0, 0.1) is 15.9 Å². The predicted molar refractivity (Wildman–Crippen MR) is 80.2 cm³/mol. The summed E-state index contributed by atoms with van der Waals surface area (Å²) in [5.74, 6) is -1.49. The maximum Gasteiger partial charge on any atom is 0.271 e. The van der Waals surface area contributed by atoms with Crippen molar-refractivity contribution in [1.82, 2.24) is 0 Å². The van der Waals surface area contributed by atoms with Gasteiger partial charge in [-0.15, -0.1) is 0 Å². The van der Waals surface area contributed by atoms with Gasteiger partial charge in [-0.05, 0) is 40.2 Å². The second-order valence-electron chi connectivity index (χ2n) is 4.00. The van der Waals surface area contributed by atoms with Crippen LogP contribution in [0.2, 0.25) is 5.02 Å². The van der Waals surface area contributed by atoms with Gasteiger partial charge in [-0.1, -0.05) is 11.6 Å². The summed E-state index contributed by atoms with van der Waals surface area (Å²) in [4.78, 5) is 22.1. The van der Waals surface area contributed by atoms with E-state index < -0.39 is 16.6 Å². The predicted octanol–water partition coefficient (Wildman–Crippen LogP) is 4.40. The van der Waals surface area contributed by atoms with Gasteiger partial charge in [-0.3, -0.25) is 14.9 Å². The molecule has 0 aliphatic rings. The van der Waals surface area contributed by atoms with Gasteiger partial charge in [0.2, 0.25) is 0 Å². The van der Waals surface area contributed by atoms with Gasteiger partial charge < -0.3 is 5.32 Å². The molecule has 0 heterocycles.